The quantitative estimate of drug-likeness (QED) is 0.0261. The fourth-order valence-corrected chi connectivity index (χ4v) is 10.2. The van der Waals surface area contributed by atoms with Crippen molar-refractivity contribution in [1.29, 1.82) is 0 Å². The monoisotopic (exact) mass is 1130 g/mol. The third-order valence-electron chi connectivity index (χ3n) is 15.4. The first-order valence-electron chi connectivity index (χ1n) is 35.1. The van der Waals surface area contributed by atoms with E-state index in [0.29, 0.717) is 19.3 Å². The Bertz CT molecular complexity index is 1530. The zero-order valence-corrected chi connectivity index (χ0v) is 53.8. The molecule has 6 nitrogen and oxygen atoms in total. The lowest BCUT2D eigenvalue weighted by atomic mass is 10.0. The Balaban J connectivity index is 4.13. The van der Waals surface area contributed by atoms with Crippen LogP contribution in [0, 0.1) is 0 Å². The van der Waals surface area contributed by atoms with Gasteiger partial charge >= 0.3 is 17.9 Å². The second-order valence-electron chi connectivity index (χ2n) is 23.4. The largest absolute Gasteiger partial charge is 0.462 e. The standard InChI is InChI=1S/C75H132O6/c1-4-7-10-13-16-19-22-25-27-28-29-30-31-32-33-34-35-36-37-38-39-40-41-42-43-44-45-46-48-50-53-56-59-62-65-68-74(77)80-71-72(70-79-73(76)67-64-61-58-55-52-49-24-21-18-15-12-9-6-3)81-75(78)69-66-63-60-57-54-51-47-26-23-20-17-14-11-8-5-2/h7,10,16,19,25-27,29-30,32-33,35-36,47,72H,4-6,8-9,11-15,17-18,20-24,28,31,34,37-46,48-71H2,1-3H3/b10-7-,19-16-,27-25-,30-29-,33-32-,36-35-,47-26-. The summed E-state index contributed by atoms with van der Waals surface area (Å²) in [7, 11) is 0. The molecule has 0 spiro atoms. The van der Waals surface area contributed by atoms with Crippen molar-refractivity contribution in [3.8, 4) is 0 Å². The van der Waals surface area contributed by atoms with Crippen molar-refractivity contribution < 1.29 is 28.6 Å². The summed E-state index contributed by atoms with van der Waals surface area (Å²) in [5.74, 6) is -0.863. The van der Waals surface area contributed by atoms with Gasteiger partial charge in [-0.25, -0.2) is 0 Å². The van der Waals surface area contributed by atoms with Crippen molar-refractivity contribution in [1.82, 2.24) is 0 Å². The first-order valence-corrected chi connectivity index (χ1v) is 35.1. The van der Waals surface area contributed by atoms with E-state index in [-0.39, 0.29) is 31.1 Å². The Hall–Kier alpha value is -3.41. The van der Waals surface area contributed by atoms with Gasteiger partial charge in [0.05, 0.1) is 0 Å². The fourth-order valence-electron chi connectivity index (χ4n) is 10.2. The number of esters is 3. The number of rotatable bonds is 64. The summed E-state index contributed by atoms with van der Waals surface area (Å²) in [4.78, 5) is 38.3. The Morgan fingerprint density at radius 1 is 0.259 bits per heavy atom. The van der Waals surface area contributed by atoms with Gasteiger partial charge in [-0.15, -0.1) is 0 Å². The van der Waals surface area contributed by atoms with Crippen LogP contribution in [0.4, 0.5) is 0 Å². The molecule has 0 aliphatic rings. The topological polar surface area (TPSA) is 78.9 Å². The van der Waals surface area contributed by atoms with E-state index in [1.54, 1.807) is 0 Å². The van der Waals surface area contributed by atoms with Crippen molar-refractivity contribution in [2.24, 2.45) is 0 Å². The van der Waals surface area contributed by atoms with E-state index in [2.05, 4.69) is 106 Å². The molecular weight excluding hydrogens is 997 g/mol. The van der Waals surface area contributed by atoms with E-state index >= 15 is 0 Å². The predicted molar refractivity (Wildman–Crippen MR) is 353 cm³/mol. The maximum Gasteiger partial charge on any atom is 0.306 e. The molecule has 0 aromatic carbocycles. The molecule has 0 N–H and O–H groups in total. The molecule has 0 heterocycles. The van der Waals surface area contributed by atoms with E-state index < -0.39 is 6.10 Å². The lowest BCUT2D eigenvalue weighted by Gasteiger charge is -2.18. The molecule has 1 unspecified atom stereocenters. The molecule has 0 aromatic rings. The van der Waals surface area contributed by atoms with Gasteiger partial charge in [-0.2, -0.15) is 0 Å². The van der Waals surface area contributed by atoms with Crippen LogP contribution in [-0.4, -0.2) is 37.2 Å². The van der Waals surface area contributed by atoms with Crippen LogP contribution in [0.1, 0.15) is 355 Å². The molecule has 0 fully saturated rings. The average Bonchev–Trinajstić information content (AvgIpc) is 3.46. The van der Waals surface area contributed by atoms with E-state index in [4.69, 9.17) is 14.2 Å². The molecule has 0 bridgehead atoms. The van der Waals surface area contributed by atoms with Gasteiger partial charge in [-0.1, -0.05) is 324 Å². The number of hydrogen-bond acceptors (Lipinski definition) is 6. The summed E-state index contributed by atoms with van der Waals surface area (Å²) in [6.07, 6.45) is 91.9. The molecule has 0 aliphatic heterocycles. The number of allylic oxidation sites excluding steroid dienone is 14. The highest BCUT2D eigenvalue weighted by molar-refractivity contribution is 5.71. The first kappa shape index (κ1) is 77.6. The third kappa shape index (κ3) is 67.3. The van der Waals surface area contributed by atoms with Crippen molar-refractivity contribution in [2.45, 2.75) is 361 Å². The molecule has 0 amide bonds. The van der Waals surface area contributed by atoms with Gasteiger partial charge in [0, 0.05) is 19.3 Å². The minimum Gasteiger partial charge on any atom is -0.462 e. The predicted octanol–water partition coefficient (Wildman–Crippen LogP) is 24.2. The molecule has 81 heavy (non-hydrogen) atoms. The molecule has 0 aromatic heterocycles. The van der Waals surface area contributed by atoms with Crippen LogP contribution in [0.2, 0.25) is 0 Å². The van der Waals surface area contributed by atoms with Gasteiger partial charge in [0.2, 0.25) is 0 Å². The molecule has 1 atom stereocenters. The SMILES string of the molecule is CC/C=C\C/C=C\C/C=C\C/C=C\C/C=C\C/C=C\CCCCCCCCCCCCCCCCCCC(=O)OCC(COC(=O)CCCCCCCCCCCCCCC)OC(=O)CCCCCCC/C=C\CCCCCCCC. The molecular formula is C75H132O6. The third-order valence-corrected chi connectivity index (χ3v) is 15.4. The second-order valence-corrected chi connectivity index (χ2v) is 23.4. The Labute approximate surface area is 503 Å². The molecule has 0 radical (unpaired) electrons. The smallest absolute Gasteiger partial charge is 0.306 e. The number of carbonyl (C=O) groups is 3. The van der Waals surface area contributed by atoms with Crippen molar-refractivity contribution in [2.75, 3.05) is 13.2 Å². The van der Waals surface area contributed by atoms with Gasteiger partial charge in [0.25, 0.3) is 0 Å². The summed E-state index contributed by atoms with van der Waals surface area (Å²) in [5, 5.41) is 0. The van der Waals surface area contributed by atoms with Crippen LogP contribution in [-0.2, 0) is 28.6 Å². The minimum absolute atomic E-state index is 0.0734. The Morgan fingerprint density at radius 2 is 0.481 bits per heavy atom. The summed E-state index contributed by atoms with van der Waals surface area (Å²) in [6.45, 7) is 6.56. The highest BCUT2D eigenvalue weighted by atomic mass is 16.6. The Kier molecular flexibility index (Phi) is 66.2. The molecule has 6 heteroatoms. The Morgan fingerprint density at radius 3 is 0.765 bits per heavy atom. The van der Waals surface area contributed by atoms with E-state index in [1.807, 2.05) is 0 Å². The highest BCUT2D eigenvalue weighted by Crippen LogP contribution is 2.17. The van der Waals surface area contributed by atoms with Crippen LogP contribution in [0.25, 0.3) is 0 Å². The van der Waals surface area contributed by atoms with Gasteiger partial charge < -0.3 is 14.2 Å². The highest BCUT2D eigenvalue weighted by Gasteiger charge is 2.19. The van der Waals surface area contributed by atoms with Gasteiger partial charge in [0.15, 0.2) is 6.10 Å². The van der Waals surface area contributed by atoms with Gasteiger partial charge in [-0.3, -0.25) is 14.4 Å². The van der Waals surface area contributed by atoms with Crippen molar-refractivity contribution in [3.63, 3.8) is 0 Å². The average molecular weight is 1130 g/mol. The molecule has 0 saturated heterocycles. The number of hydrogen-bond donors (Lipinski definition) is 0. The summed E-state index contributed by atoms with van der Waals surface area (Å²) in [6, 6.07) is 0. The lowest BCUT2D eigenvalue weighted by molar-refractivity contribution is -0.167. The maximum absolute atomic E-state index is 12.9. The van der Waals surface area contributed by atoms with E-state index in [1.165, 1.54) is 212 Å². The zero-order valence-electron chi connectivity index (χ0n) is 53.8. The minimum atomic E-state index is -0.777. The van der Waals surface area contributed by atoms with Crippen LogP contribution >= 0.6 is 0 Å². The fraction of sp³-hybridized carbons (Fsp3) is 0.773. The van der Waals surface area contributed by atoms with Crippen molar-refractivity contribution in [3.05, 3.63) is 85.1 Å². The number of ether oxygens (including phenoxy) is 3. The summed E-state index contributed by atoms with van der Waals surface area (Å²) < 4.78 is 16.9. The zero-order chi connectivity index (χ0) is 58.5. The normalized spacial score (nSPS) is 12.6. The van der Waals surface area contributed by atoms with E-state index in [0.717, 1.165) is 103 Å². The summed E-state index contributed by atoms with van der Waals surface area (Å²) >= 11 is 0. The maximum atomic E-state index is 12.9. The van der Waals surface area contributed by atoms with E-state index in [9.17, 15) is 14.4 Å². The van der Waals surface area contributed by atoms with Crippen LogP contribution in [0.15, 0.2) is 85.1 Å². The molecule has 468 valence electrons. The lowest BCUT2D eigenvalue weighted by Crippen LogP contribution is -2.30. The molecule has 0 saturated carbocycles. The van der Waals surface area contributed by atoms with Gasteiger partial charge in [-0.05, 0) is 96.3 Å². The van der Waals surface area contributed by atoms with Crippen LogP contribution in [0.3, 0.4) is 0 Å². The summed E-state index contributed by atoms with van der Waals surface area (Å²) in [5.41, 5.74) is 0. The first-order chi connectivity index (χ1) is 40.0. The number of carbonyl (C=O) groups excluding carboxylic acids is 3. The second kappa shape index (κ2) is 69.1. The van der Waals surface area contributed by atoms with Crippen molar-refractivity contribution >= 4 is 17.9 Å². The molecule has 0 aliphatic carbocycles. The van der Waals surface area contributed by atoms with Crippen LogP contribution < -0.4 is 0 Å². The van der Waals surface area contributed by atoms with Gasteiger partial charge in [0.1, 0.15) is 13.2 Å². The molecule has 0 rings (SSSR count). The number of unbranched alkanes of at least 4 members (excludes halogenated alkanes) is 39. The van der Waals surface area contributed by atoms with Crippen LogP contribution in [0.5, 0.6) is 0 Å².